The van der Waals surface area contributed by atoms with Crippen molar-refractivity contribution in [3.63, 3.8) is 0 Å². The van der Waals surface area contributed by atoms with E-state index in [2.05, 4.69) is 10.3 Å². The molecule has 0 aliphatic carbocycles. The van der Waals surface area contributed by atoms with Gasteiger partial charge in [-0.05, 0) is 24.3 Å². The Morgan fingerprint density at radius 2 is 1.93 bits per heavy atom. The summed E-state index contributed by atoms with van der Waals surface area (Å²) in [7, 11) is 2.85. The van der Waals surface area contributed by atoms with E-state index in [1.165, 1.54) is 37.0 Å². The van der Waals surface area contributed by atoms with Crippen LogP contribution in [-0.4, -0.2) is 26.6 Å². The monoisotopic (exact) mass is 408 g/mol. The van der Waals surface area contributed by atoms with E-state index < -0.39 is 17.2 Å². The van der Waals surface area contributed by atoms with E-state index in [1.807, 2.05) is 0 Å². The van der Waals surface area contributed by atoms with Crippen LogP contribution in [0.15, 0.2) is 40.1 Å². The third kappa shape index (κ3) is 3.67. The summed E-state index contributed by atoms with van der Waals surface area (Å²) in [4.78, 5) is 40.8. The maximum Gasteiger partial charge on any atom is 0.332 e. The van der Waals surface area contributed by atoms with Crippen molar-refractivity contribution < 1.29 is 9.53 Å². The fourth-order valence-electron chi connectivity index (χ4n) is 2.51. The van der Waals surface area contributed by atoms with Crippen LogP contribution in [0.3, 0.4) is 0 Å². The Hall–Kier alpha value is -2.84. The Bertz CT molecular complexity index is 1170. The van der Waals surface area contributed by atoms with Crippen LogP contribution >= 0.6 is 23.2 Å². The molecule has 0 radical (unpaired) electrons. The largest absolute Gasteiger partial charge is 0.482 e. The number of halogens is 2. The standard InChI is InChI=1S/C17H14Cl2N4O4/c1-22-15-14(16(25)23(2)17(22)26)11(5-6-20-15)21-13(24)8-27-12-4-3-9(18)7-10(12)19/h3-7H,8H2,1-2H3,(H,20,21,24). The molecule has 0 spiro atoms. The van der Waals surface area contributed by atoms with Gasteiger partial charge in [-0.2, -0.15) is 0 Å². The van der Waals surface area contributed by atoms with Gasteiger partial charge >= 0.3 is 5.69 Å². The van der Waals surface area contributed by atoms with Crippen LogP contribution in [0, 0.1) is 0 Å². The summed E-state index contributed by atoms with van der Waals surface area (Å²) < 4.78 is 7.56. The number of pyridine rings is 1. The van der Waals surface area contributed by atoms with Gasteiger partial charge in [-0.15, -0.1) is 0 Å². The fraction of sp³-hybridized carbons (Fsp3) is 0.176. The lowest BCUT2D eigenvalue weighted by molar-refractivity contribution is -0.118. The first-order valence-corrected chi connectivity index (χ1v) is 8.47. The second kappa shape index (κ2) is 7.42. The molecule has 0 aliphatic rings. The number of aromatic nitrogens is 3. The van der Waals surface area contributed by atoms with E-state index in [-0.39, 0.29) is 28.4 Å². The Labute approximate surface area is 162 Å². The highest BCUT2D eigenvalue weighted by molar-refractivity contribution is 6.35. The van der Waals surface area contributed by atoms with Gasteiger partial charge in [0.25, 0.3) is 11.5 Å². The van der Waals surface area contributed by atoms with E-state index in [0.29, 0.717) is 10.8 Å². The van der Waals surface area contributed by atoms with Crippen molar-refractivity contribution >= 4 is 45.8 Å². The summed E-state index contributed by atoms with van der Waals surface area (Å²) in [5.74, 6) is -0.210. The highest BCUT2D eigenvalue weighted by Crippen LogP contribution is 2.27. The zero-order valence-corrected chi connectivity index (χ0v) is 15.8. The fourth-order valence-corrected chi connectivity index (χ4v) is 2.98. The van der Waals surface area contributed by atoms with E-state index in [1.54, 1.807) is 12.1 Å². The smallest absolute Gasteiger partial charge is 0.332 e. The second-order valence-electron chi connectivity index (χ2n) is 5.67. The van der Waals surface area contributed by atoms with E-state index >= 15 is 0 Å². The number of carbonyl (C=O) groups is 1. The molecule has 8 nitrogen and oxygen atoms in total. The number of hydrogen-bond acceptors (Lipinski definition) is 5. The molecule has 0 bridgehead atoms. The maximum atomic E-state index is 12.5. The first-order valence-electron chi connectivity index (χ1n) is 7.72. The van der Waals surface area contributed by atoms with Crippen molar-refractivity contribution in [1.82, 2.24) is 14.1 Å². The van der Waals surface area contributed by atoms with Crippen LogP contribution in [0.2, 0.25) is 10.0 Å². The molecule has 1 aromatic carbocycles. The zero-order valence-electron chi connectivity index (χ0n) is 14.3. The van der Waals surface area contributed by atoms with Gasteiger partial charge in [0.05, 0.1) is 10.7 Å². The summed E-state index contributed by atoms with van der Waals surface area (Å²) in [6.45, 7) is -0.336. The number of hydrogen-bond donors (Lipinski definition) is 1. The summed E-state index contributed by atoms with van der Waals surface area (Å²) in [5, 5.41) is 3.44. The molecule has 1 N–H and O–H groups in total. The summed E-state index contributed by atoms with van der Waals surface area (Å²) >= 11 is 11.8. The lowest BCUT2D eigenvalue weighted by atomic mass is 10.2. The molecule has 0 atom stereocenters. The minimum Gasteiger partial charge on any atom is -0.482 e. The highest BCUT2D eigenvalue weighted by atomic mass is 35.5. The van der Waals surface area contributed by atoms with Crippen molar-refractivity contribution in [3.8, 4) is 5.75 Å². The molecule has 140 valence electrons. The number of fused-ring (bicyclic) bond motifs is 1. The van der Waals surface area contributed by atoms with Gasteiger partial charge < -0.3 is 10.1 Å². The van der Waals surface area contributed by atoms with Crippen LogP contribution in [0.25, 0.3) is 11.0 Å². The summed E-state index contributed by atoms with van der Waals surface area (Å²) in [5.41, 5.74) is -0.670. The minimum atomic E-state index is -0.557. The first kappa shape index (κ1) is 18.9. The number of rotatable bonds is 4. The molecule has 2 aromatic heterocycles. The van der Waals surface area contributed by atoms with Gasteiger partial charge in [-0.25, -0.2) is 9.78 Å². The van der Waals surface area contributed by atoms with Crippen LogP contribution in [0.5, 0.6) is 5.75 Å². The van der Waals surface area contributed by atoms with Gasteiger partial charge in [-0.3, -0.25) is 18.7 Å². The molecule has 1 amide bonds. The third-order valence-corrected chi connectivity index (χ3v) is 4.40. The van der Waals surface area contributed by atoms with Gasteiger partial charge in [0, 0.05) is 25.3 Å². The Kier molecular flexibility index (Phi) is 5.20. The van der Waals surface area contributed by atoms with Crippen molar-refractivity contribution in [2.45, 2.75) is 0 Å². The molecule has 0 saturated carbocycles. The lowest BCUT2D eigenvalue weighted by Crippen LogP contribution is -2.37. The summed E-state index contributed by atoms with van der Waals surface area (Å²) in [6, 6.07) is 6.10. The van der Waals surface area contributed by atoms with Crippen molar-refractivity contribution in [2.24, 2.45) is 14.1 Å². The van der Waals surface area contributed by atoms with Gasteiger partial charge in [0.2, 0.25) is 0 Å². The molecule has 2 heterocycles. The van der Waals surface area contributed by atoms with Crippen molar-refractivity contribution in [2.75, 3.05) is 11.9 Å². The number of benzene rings is 1. The molecule has 10 heteroatoms. The van der Waals surface area contributed by atoms with E-state index in [4.69, 9.17) is 27.9 Å². The predicted octanol–water partition coefficient (Wildman–Crippen LogP) is 1.96. The van der Waals surface area contributed by atoms with Gasteiger partial charge in [0.1, 0.15) is 11.1 Å². The normalized spacial score (nSPS) is 10.8. The molecule has 3 rings (SSSR count). The maximum absolute atomic E-state index is 12.5. The molecule has 0 unspecified atom stereocenters. The number of anilines is 1. The number of nitrogens with one attached hydrogen (secondary N) is 1. The molecular formula is C17H14Cl2N4O4. The van der Waals surface area contributed by atoms with Gasteiger partial charge in [-0.1, -0.05) is 23.2 Å². The molecular weight excluding hydrogens is 395 g/mol. The van der Waals surface area contributed by atoms with Crippen molar-refractivity contribution in [3.05, 3.63) is 61.3 Å². The SMILES string of the molecule is Cn1c(=O)c2c(NC(=O)COc3ccc(Cl)cc3Cl)ccnc2n(C)c1=O. The first-order chi connectivity index (χ1) is 12.8. The number of carbonyl (C=O) groups excluding carboxylic acids is 1. The number of nitrogens with zero attached hydrogens (tertiary/aromatic N) is 3. The van der Waals surface area contributed by atoms with Crippen LogP contribution in [0.4, 0.5) is 5.69 Å². The number of ether oxygens (including phenoxy) is 1. The Morgan fingerprint density at radius 1 is 1.19 bits per heavy atom. The Balaban J connectivity index is 1.87. The van der Waals surface area contributed by atoms with E-state index in [9.17, 15) is 14.4 Å². The topological polar surface area (TPSA) is 95.2 Å². The average Bonchev–Trinajstić information content (AvgIpc) is 2.63. The second-order valence-corrected chi connectivity index (χ2v) is 6.52. The van der Waals surface area contributed by atoms with E-state index in [0.717, 1.165) is 4.57 Å². The number of aryl methyl sites for hydroxylation is 1. The number of amides is 1. The average molecular weight is 409 g/mol. The van der Waals surface area contributed by atoms with Crippen LogP contribution in [-0.2, 0) is 18.9 Å². The molecule has 27 heavy (non-hydrogen) atoms. The predicted molar refractivity (Wildman–Crippen MR) is 103 cm³/mol. The van der Waals surface area contributed by atoms with Crippen LogP contribution in [0.1, 0.15) is 0 Å². The van der Waals surface area contributed by atoms with Crippen molar-refractivity contribution in [1.29, 1.82) is 0 Å². The molecule has 3 aromatic rings. The molecule has 0 aliphatic heterocycles. The quantitative estimate of drug-likeness (QED) is 0.711. The zero-order chi connectivity index (χ0) is 19.7. The van der Waals surface area contributed by atoms with Gasteiger partial charge in [0.15, 0.2) is 12.3 Å². The highest BCUT2D eigenvalue weighted by Gasteiger charge is 2.15. The minimum absolute atomic E-state index is 0.125. The molecule has 0 saturated heterocycles. The molecule has 0 fully saturated rings. The Morgan fingerprint density at radius 3 is 2.63 bits per heavy atom. The van der Waals surface area contributed by atoms with Crippen LogP contribution < -0.4 is 21.3 Å². The summed E-state index contributed by atoms with van der Waals surface area (Å²) in [6.07, 6.45) is 1.40. The third-order valence-electron chi connectivity index (χ3n) is 3.87. The lowest BCUT2D eigenvalue weighted by Gasteiger charge is -2.12.